The van der Waals surface area contributed by atoms with Gasteiger partial charge in [0.05, 0.1) is 0 Å². The second kappa shape index (κ2) is 6.10. The summed E-state index contributed by atoms with van der Waals surface area (Å²) in [5, 5.41) is 0. The lowest BCUT2D eigenvalue weighted by Gasteiger charge is -2.26. The van der Waals surface area contributed by atoms with Crippen LogP contribution in [0.4, 0.5) is 5.69 Å². The Kier molecular flexibility index (Phi) is 4.02. The van der Waals surface area contributed by atoms with E-state index >= 15 is 0 Å². The summed E-state index contributed by atoms with van der Waals surface area (Å²) in [7, 11) is 0. The zero-order valence-corrected chi connectivity index (χ0v) is 12.0. The lowest BCUT2D eigenvalue weighted by atomic mass is 10.1. The Balaban J connectivity index is 1.91. The third kappa shape index (κ3) is 2.83. The van der Waals surface area contributed by atoms with Crippen molar-refractivity contribution in [2.24, 2.45) is 5.73 Å². The van der Waals surface area contributed by atoms with Crippen molar-refractivity contribution < 1.29 is 4.79 Å². The molecular formula is C18H20N2O. The van der Waals surface area contributed by atoms with E-state index in [-0.39, 0.29) is 5.91 Å². The monoisotopic (exact) mass is 280 g/mol. The Morgan fingerprint density at radius 2 is 1.71 bits per heavy atom. The molecule has 0 saturated heterocycles. The molecule has 3 rings (SSSR count). The van der Waals surface area contributed by atoms with Gasteiger partial charge in [-0.05, 0) is 36.5 Å². The highest BCUT2D eigenvalue weighted by Gasteiger charge is 2.26. The molecule has 0 bridgehead atoms. The van der Waals surface area contributed by atoms with Crippen LogP contribution in [-0.4, -0.2) is 12.5 Å². The first-order valence-corrected chi connectivity index (χ1v) is 7.47. The van der Waals surface area contributed by atoms with Gasteiger partial charge in [0.15, 0.2) is 0 Å². The van der Waals surface area contributed by atoms with Crippen molar-refractivity contribution in [1.29, 1.82) is 0 Å². The van der Waals surface area contributed by atoms with Crippen molar-refractivity contribution >= 4 is 11.6 Å². The van der Waals surface area contributed by atoms with Gasteiger partial charge in [0, 0.05) is 12.2 Å². The van der Waals surface area contributed by atoms with Gasteiger partial charge in [-0.25, -0.2) is 0 Å². The molecule has 0 saturated carbocycles. The first kappa shape index (κ1) is 13.8. The van der Waals surface area contributed by atoms with Crippen LogP contribution >= 0.6 is 0 Å². The van der Waals surface area contributed by atoms with E-state index in [1.54, 1.807) is 0 Å². The van der Waals surface area contributed by atoms with Gasteiger partial charge in [-0.2, -0.15) is 0 Å². The quantitative estimate of drug-likeness (QED) is 0.919. The third-order valence-corrected chi connectivity index (χ3v) is 4.05. The lowest BCUT2D eigenvalue weighted by molar-refractivity contribution is -0.120. The second-order valence-corrected chi connectivity index (χ2v) is 5.46. The molecule has 1 aliphatic rings. The molecule has 0 aliphatic carbocycles. The van der Waals surface area contributed by atoms with Crippen LogP contribution < -0.4 is 10.6 Å². The average Bonchev–Trinajstić information content (AvgIpc) is 2.77. The first-order chi connectivity index (χ1) is 10.3. The molecule has 3 nitrogen and oxygen atoms in total. The van der Waals surface area contributed by atoms with E-state index in [0.717, 1.165) is 37.1 Å². The summed E-state index contributed by atoms with van der Waals surface area (Å²) >= 11 is 0. The molecule has 2 aromatic carbocycles. The smallest absolute Gasteiger partial charge is 0.248 e. The van der Waals surface area contributed by atoms with Crippen molar-refractivity contribution in [3.63, 3.8) is 0 Å². The van der Waals surface area contributed by atoms with Crippen LogP contribution in [0, 0.1) is 0 Å². The van der Waals surface area contributed by atoms with E-state index in [0.29, 0.717) is 0 Å². The number of fused-ring (bicyclic) bond motifs is 1. The standard InChI is InChI=1S/C18H20N2O/c19-17(15-10-2-1-3-11-15)18(21)20-13-7-6-9-14-8-4-5-12-16(14)20/h1-5,8,10-12,17H,6-7,9,13,19H2/t17-/m0/s1. The van der Waals surface area contributed by atoms with Crippen molar-refractivity contribution in [2.75, 3.05) is 11.4 Å². The number of anilines is 1. The molecule has 1 heterocycles. The number of nitrogens with two attached hydrogens (primary N) is 1. The molecule has 1 amide bonds. The summed E-state index contributed by atoms with van der Waals surface area (Å²) < 4.78 is 0. The van der Waals surface area contributed by atoms with Gasteiger partial charge in [-0.3, -0.25) is 4.79 Å². The van der Waals surface area contributed by atoms with E-state index in [9.17, 15) is 4.79 Å². The molecular weight excluding hydrogens is 260 g/mol. The Labute approximate surface area is 125 Å². The first-order valence-electron chi connectivity index (χ1n) is 7.47. The Morgan fingerprint density at radius 1 is 1.00 bits per heavy atom. The molecule has 0 aromatic heterocycles. The molecule has 3 heteroatoms. The number of benzene rings is 2. The van der Waals surface area contributed by atoms with Crippen LogP contribution in [0.5, 0.6) is 0 Å². The van der Waals surface area contributed by atoms with E-state index in [1.807, 2.05) is 53.4 Å². The average molecular weight is 280 g/mol. The van der Waals surface area contributed by atoms with Crippen LogP contribution in [0.1, 0.15) is 30.0 Å². The highest BCUT2D eigenvalue weighted by atomic mass is 16.2. The number of aryl methyl sites for hydroxylation is 1. The predicted molar refractivity (Wildman–Crippen MR) is 85.1 cm³/mol. The number of hydrogen-bond donors (Lipinski definition) is 1. The number of amides is 1. The van der Waals surface area contributed by atoms with Gasteiger partial charge in [-0.15, -0.1) is 0 Å². The lowest BCUT2D eigenvalue weighted by Crippen LogP contribution is -2.39. The fourth-order valence-electron chi connectivity index (χ4n) is 2.89. The number of rotatable bonds is 2. The molecule has 0 spiro atoms. The van der Waals surface area contributed by atoms with Gasteiger partial charge in [0.25, 0.3) is 0 Å². The van der Waals surface area contributed by atoms with Crippen molar-refractivity contribution in [1.82, 2.24) is 0 Å². The van der Waals surface area contributed by atoms with E-state index in [4.69, 9.17) is 5.73 Å². The molecule has 21 heavy (non-hydrogen) atoms. The Morgan fingerprint density at radius 3 is 2.52 bits per heavy atom. The summed E-state index contributed by atoms with van der Waals surface area (Å²) in [6.45, 7) is 0.746. The maximum Gasteiger partial charge on any atom is 0.248 e. The molecule has 2 N–H and O–H groups in total. The normalized spacial score (nSPS) is 16.0. The van der Waals surface area contributed by atoms with E-state index in [2.05, 4.69) is 6.07 Å². The largest absolute Gasteiger partial charge is 0.316 e. The molecule has 108 valence electrons. The van der Waals surface area contributed by atoms with Crippen LogP contribution in [0.25, 0.3) is 0 Å². The highest BCUT2D eigenvalue weighted by molar-refractivity contribution is 5.98. The number of nitrogens with zero attached hydrogens (tertiary/aromatic N) is 1. The summed E-state index contributed by atoms with van der Waals surface area (Å²) in [5.41, 5.74) is 9.31. The molecule has 1 aliphatic heterocycles. The van der Waals surface area contributed by atoms with Gasteiger partial charge in [0.2, 0.25) is 5.91 Å². The summed E-state index contributed by atoms with van der Waals surface area (Å²) in [4.78, 5) is 14.7. The van der Waals surface area contributed by atoms with Crippen LogP contribution in [0.3, 0.4) is 0 Å². The maximum atomic E-state index is 12.8. The number of hydrogen-bond acceptors (Lipinski definition) is 2. The minimum absolute atomic E-state index is 0.0180. The summed E-state index contributed by atoms with van der Waals surface area (Å²) in [6.07, 6.45) is 3.16. The van der Waals surface area contributed by atoms with Gasteiger partial charge < -0.3 is 10.6 Å². The number of para-hydroxylation sites is 1. The predicted octanol–water partition coefficient (Wildman–Crippen LogP) is 3.06. The van der Waals surface area contributed by atoms with Gasteiger partial charge in [0.1, 0.15) is 6.04 Å². The Bertz CT molecular complexity index is 624. The summed E-state index contributed by atoms with van der Waals surface area (Å²) in [5.74, 6) is -0.0180. The number of carbonyl (C=O) groups excluding carboxylic acids is 1. The van der Waals surface area contributed by atoms with Crippen LogP contribution in [-0.2, 0) is 11.2 Å². The highest BCUT2D eigenvalue weighted by Crippen LogP contribution is 2.28. The second-order valence-electron chi connectivity index (χ2n) is 5.46. The van der Waals surface area contributed by atoms with E-state index < -0.39 is 6.04 Å². The zero-order valence-electron chi connectivity index (χ0n) is 12.0. The molecule has 1 atom stereocenters. The van der Waals surface area contributed by atoms with Gasteiger partial charge in [-0.1, -0.05) is 48.5 Å². The van der Waals surface area contributed by atoms with E-state index in [1.165, 1.54) is 5.56 Å². The van der Waals surface area contributed by atoms with Crippen LogP contribution in [0.15, 0.2) is 54.6 Å². The third-order valence-electron chi connectivity index (χ3n) is 4.05. The maximum absolute atomic E-state index is 12.8. The van der Waals surface area contributed by atoms with Crippen molar-refractivity contribution in [3.8, 4) is 0 Å². The minimum Gasteiger partial charge on any atom is -0.316 e. The van der Waals surface area contributed by atoms with Crippen molar-refractivity contribution in [2.45, 2.75) is 25.3 Å². The number of carbonyl (C=O) groups is 1. The Hall–Kier alpha value is -2.13. The van der Waals surface area contributed by atoms with Gasteiger partial charge >= 0.3 is 0 Å². The molecule has 2 aromatic rings. The van der Waals surface area contributed by atoms with Crippen molar-refractivity contribution in [3.05, 3.63) is 65.7 Å². The molecule has 0 radical (unpaired) electrons. The summed E-state index contributed by atoms with van der Waals surface area (Å²) in [6, 6.07) is 17.1. The fourth-order valence-corrected chi connectivity index (χ4v) is 2.89. The zero-order chi connectivity index (χ0) is 14.7. The fraction of sp³-hybridized carbons (Fsp3) is 0.278. The molecule has 0 unspecified atom stereocenters. The SMILES string of the molecule is N[C@H](C(=O)N1CCCCc2ccccc21)c1ccccc1. The topological polar surface area (TPSA) is 46.3 Å². The molecule has 0 fully saturated rings. The minimum atomic E-state index is -0.600. The van der Waals surface area contributed by atoms with Crippen LogP contribution in [0.2, 0.25) is 0 Å².